The predicted molar refractivity (Wildman–Crippen MR) is 74.4 cm³/mol. The highest BCUT2D eigenvalue weighted by atomic mass is 79.9. The van der Waals surface area contributed by atoms with E-state index in [1.54, 1.807) is 6.20 Å². The minimum atomic E-state index is 0.207. The quantitative estimate of drug-likeness (QED) is 0.783. The Morgan fingerprint density at radius 2 is 2.22 bits per heavy atom. The maximum absolute atomic E-state index is 5.90. The summed E-state index contributed by atoms with van der Waals surface area (Å²) in [6.07, 6.45) is 5.86. The van der Waals surface area contributed by atoms with Crippen molar-refractivity contribution >= 4 is 15.9 Å². The Hall–Kier alpha value is -0.550. The molecule has 4 nitrogen and oxygen atoms in total. The minimum absolute atomic E-state index is 0.207. The molecule has 0 spiro atoms. The third-order valence-corrected chi connectivity index (χ3v) is 4.68. The molecule has 0 atom stereocenters. The number of alkyl halides is 1. The van der Waals surface area contributed by atoms with E-state index in [4.69, 9.17) is 9.47 Å². The van der Waals surface area contributed by atoms with E-state index in [2.05, 4.69) is 34.9 Å². The van der Waals surface area contributed by atoms with Gasteiger partial charge in [0.05, 0.1) is 19.0 Å². The van der Waals surface area contributed by atoms with Crippen LogP contribution in [0.25, 0.3) is 0 Å². The second kappa shape index (κ2) is 6.06. The Kier molecular flexibility index (Phi) is 4.67. The normalized spacial score (nSPS) is 19.1. The average molecular weight is 317 g/mol. The molecule has 2 rings (SSSR count). The second-order valence-electron chi connectivity index (χ2n) is 5.28. The van der Waals surface area contributed by atoms with Crippen LogP contribution in [0, 0.1) is 5.41 Å². The van der Waals surface area contributed by atoms with Gasteiger partial charge in [0.15, 0.2) is 5.75 Å². The summed E-state index contributed by atoms with van der Waals surface area (Å²) in [6, 6.07) is 0.371. The molecule has 0 aromatic carbocycles. The molecule has 18 heavy (non-hydrogen) atoms. The molecule has 0 radical (unpaired) electrons. The molecule has 1 fully saturated rings. The average Bonchev–Trinajstić information content (AvgIpc) is 2.87. The lowest BCUT2D eigenvalue weighted by molar-refractivity contribution is 0.00353. The van der Waals surface area contributed by atoms with Crippen molar-refractivity contribution in [2.45, 2.75) is 32.7 Å². The van der Waals surface area contributed by atoms with Crippen molar-refractivity contribution in [1.82, 2.24) is 9.78 Å². The number of ether oxygens (including phenoxy) is 2. The molecule has 5 heteroatoms. The van der Waals surface area contributed by atoms with Crippen LogP contribution in [0.2, 0.25) is 0 Å². The maximum Gasteiger partial charge on any atom is 0.157 e. The molecule has 0 bridgehead atoms. The van der Waals surface area contributed by atoms with E-state index in [1.807, 2.05) is 10.9 Å². The van der Waals surface area contributed by atoms with Crippen LogP contribution in [0.1, 0.15) is 32.7 Å². The lowest BCUT2D eigenvalue weighted by Crippen LogP contribution is -2.36. The van der Waals surface area contributed by atoms with Gasteiger partial charge in [-0.05, 0) is 26.7 Å². The van der Waals surface area contributed by atoms with Gasteiger partial charge in [0, 0.05) is 30.0 Å². The van der Waals surface area contributed by atoms with Gasteiger partial charge < -0.3 is 9.47 Å². The van der Waals surface area contributed by atoms with E-state index >= 15 is 0 Å². The molecule has 2 heterocycles. The standard InChI is InChI=1S/C13H21BrN2O2/c1-11(2)16-8-12(7-15-16)18-10-13(9-14)3-5-17-6-4-13/h7-8,11H,3-6,9-10H2,1-2H3. The third-order valence-electron chi connectivity index (χ3n) is 3.49. The van der Waals surface area contributed by atoms with Gasteiger partial charge in [0.2, 0.25) is 0 Å². The van der Waals surface area contributed by atoms with Crippen LogP contribution < -0.4 is 4.74 Å². The predicted octanol–water partition coefficient (Wildman–Crippen LogP) is 3.03. The van der Waals surface area contributed by atoms with Crippen molar-refractivity contribution in [3.63, 3.8) is 0 Å². The molecule has 1 aliphatic heterocycles. The Labute approximate surface area is 117 Å². The van der Waals surface area contributed by atoms with Crippen molar-refractivity contribution in [1.29, 1.82) is 0 Å². The smallest absolute Gasteiger partial charge is 0.157 e. The van der Waals surface area contributed by atoms with Crippen LogP contribution in [0.4, 0.5) is 0 Å². The van der Waals surface area contributed by atoms with Gasteiger partial charge in [-0.1, -0.05) is 15.9 Å². The maximum atomic E-state index is 5.90. The van der Waals surface area contributed by atoms with E-state index in [-0.39, 0.29) is 5.41 Å². The van der Waals surface area contributed by atoms with Crippen LogP contribution in [-0.4, -0.2) is 34.9 Å². The molecule has 0 N–H and O–H groups in total. The highest BCUT2D eigenvalue weighted by molar-refractivity contribution is 9.09. The highest BCUT2D eigenvalue weighted by Gasteiger charge is 2.32. The monoisotopic (exact) mass is 316 g/mol. The fourth-order valence-corrected chi connectivity index (χ4v) is 2.76. The van der Waals surface area contributed by atoms with Gasteiger partial charge in [-0.15, -0.1) is 0 Å². The van der Waals surface area contributed by atoms with Gasteiger partial charge >= 0.3 is 0 Å². The lowest BCUT2D eigenvalue weighted by Gasteiger charge is -2.35. The first-order valence-corrected chi connectivity index (χ1v) is 7.58. The number of halogens is 1. The highest BCUT2D eigenvalue weighted by Crippen LogP contribution is 2.33. The largest absolute Gasteiger partial charge is 0.490 e. The van der Waals surface area contributed by atoms with E-state index in [9.17, 15) is 0 Å². The summed E-state index contributed by atoms with van der Waals surface area (Å²) in [4.78, 5) is 0. The molecule has 1 saturated heterocycles. The number of rotatable bonds is 5. The number of nitrogens with zero attached hydrogens (tertiary/aromatic N) is 2. The van der Waals surface area contributed by atoms with E-state index in [1.165, 1.54) is 0 Å². The molecule has 1 aromatic rings. The summed E-state index contributed by atoms with van der Waals surface area (Å²) >= 11 is 3.61. The van der Waals surface area contributed by atoms with Crippen molar-refractivity contribution in [3.8, 4) is 5.75 Å². The zero-order valence-electron chi connectivity index (χ0n) is 11.1. The minimum Gasteiger partial charge on any atom is -0.490 e. The van der Waals surface area contributed by atoms with E-state index in [0.717, 1.165) is 43.7 Å². The SMILES string of the molecule is CC(C)n1cc(OCC2(CBr)CCOCC2)cn1. The first-order valence-electron chi connectivity index (χ1n) is 6.46. The van der Waals surface area contributed by atoms with Gasteiger partial charge in [0.25, 0.3) is 0 Å². The summed E-state index contributed by atoms with van der Waals surface area (Å²) in [5.41, 5.74) is 0.207. The fraction of sp³-hybridized carbons (Fsp3) is 0.769. The summed E-state index contributed by atoms with van der Waals surface area (Å²) in [7, 11) is 0. The van der Waals surface area contributed by atoms with Gasteiger partial charge in [-0.25, -0.2) is 0 Å². The van der Waals surface area contributed by atoms with Crippen LogP contribution in [0.15, 0.2) is 12.4 Å². The molecule has 0 saturated carbocycles. The summed E-state index contributed by atoms with van der Waals surface area (Å²) in [5, 5.41) is 5.24. The molecule has 1 aromatic heterocycles. The first kappa shape index (κ1) is 13.9. The summed E-state index contributed by atoms with van der Waals surface area (Å²) in [5.74, 6) is 0.857. The molecular formula is C13H21BrN2O2. The number of aromatic nitrogens is 2. The zero-order chi connectivity index (χ0) is 13.0. The zero-order valence-corrected chi connectivity index (χ0v) is 12.6. The van der Waals surface area contributed by atoms with Crippen LogP contribution in [-0.2, 0) is 4.74 Å². The number of hydrogen-bond acceptors (Lipinski definition) is 3. The lowest BCUT2D eigenvalue weighted by atomic mass is 9.83. The van der Waals surface area contributed by atoms with Crippen LogP contribution >= 0.6 is 15.9 Å². The molecule has 102 valence electrons. The Morgan fingerprint density at radius 1 is 1.50 bits per heavy atom. The molecule has 0 amide bonds. The first-order chi connectivity index (χ1) is 8.65. The van der Waals surface area contributed by atoms with Crippen molar-refractivity contribution in [3.05, 3.63) is 12.4 Å². The second-order valence-corrected chi connectivity index (χ2v) is 5.85. The van der Waals surface area contributed by atoms with Crippen LogP contribution in [0.3, 0.4) is 0 Å². The van der Waals surface area contributed by atoms with Gasteiger partial charge in [0.1, 0.15) is 0 Å². The van der Waals surface area contributed by atoms with Crippen molar-refractivity contribution in [2.24, 2.45) is 5.41 Å². The third kappa shape index (κ3) is 3.26. The molecule has 0 unspecified atom stereocenters. The molecule has 1 aliphatic rings. The van der Waals surface area contributed by atoms with E-state index < -0.39 is 0 Å². The topological polar surface area (TPSA) is 36.3 Å². The Balaban J connectivity index is 1.92. The van der Waals surface area contributed by atoms with Crippen molar-refractivity contribution < 1.29 is 9.47 Å². The number of hydrogen-bond donors (Lipinski definition) is 0. The van der Waals surface area contributed by atoms with Gasteiger partial charge in [-0.2, -0.15) is 5.10 Å². The Bertz CT molecular complexity index is 373. The van der Waals surface area contributed by atoms with E-state index in [0.29, 0.717) is 6.04 Å². The Morgan fingerprint density at radius 3 is 2.78 bits per heavy atom. The fourth-order valence-electron chi connectivity index (χ4n) is 2.03. The van der Waals surface area contributed by atoms with Crippen molar-refractivity contribution in [2.75, 3.05) is 25.2 Å². The summed E-state index contributed by atoms with van der Waals surface area (Å²) in [6.45, 7) is 6.61. The van der Waals surface area contributed by atoms with Gasteiger partial charge in [-0.3, -0.25) is 4.68 Å². The molecule has 0 aliphatic carbocycles. The summed E-state index contributed by atoms with van der Waals surface area (Å²) < 4.78 is 13.2. The molecular weight excluding hydrogens is 296 g/mol. The van der Waals surface area contributed by atoms with Crippen LogP contribution in [0.5, 0.6) is 5.75 Å².